The summed E-state index contributed by atoms with van der Waals surface area (Å²) in [6, 6.07) is 4.65. The van der Waals surface area contributed by atoms with Gasteiger partial charge in [-0.15, -0.1) is 0 Å². The van der Waals surface area contributed by atoms with Crippen molar-refractivity contribution in [1.82, 2.24) is 14.7 Å². The van der Waals surface area contributed by atoms with Gasteiger partial charge in [0.25, 0.3) is 0 Å². The number of halogens is 1. The number of likely N-dealkylation sites (N-methyl/N-ethyl adjacent to an activating group) is 1. The van der Waals surface area contributed by atoms with Crippen LogP contribution in [-0.4, -0.2) is 47.2 Å². The fourth-order valence-electron chi connectivity index (χ4n) is 1.94. The van der Waals surface area contributed by atoms with E-state index in [0.717, 1.165) is 0 Å². The summed E-state index contributed by atoms with van der Waals surface area (Å²) in [5.74, 6) is -0.0552. The first-order valence-electron chi connectivity index (χ1n) is 7.35. The molecule has 8 heteroatoms. The molecule has 0 atom stereocenters. The lowest BCUT2D eigenvalue weighted by Crippen LogP contribution is -2.33. The Morgan fingerprint density at radius 1 is 1.50 bits per heavy atom. The minimum atomic E-state index is -0.324. The van der Waals surface area contributed by atoms with Crippen molar-refractivity contribution >= 4 is 18.0 Å². The van der Waals surface area contributed by atoms with E-state index < -0.39 is 0 Å². The molecule has 1 heterocycles. The minimum Gasteiger partial charge on any atom is -0.492 e. The van der Waals surface area contributed by atoms with Gasteiger partial charge in [-0.1, -0.05) is 6.07 Å². The van der Waals surface area contributed by atoms with E-state index in [9.17, 15) is 14.0 Å². The van der Waals surface area contributed by atoms with Crippen LogP contribution in [0.3, 0.4) is 0 Å². The van der Waals surface area contributed by atoms with Gasteiger partial charge in [-0.05, 0) is 18.6 Å². The van der Waals surface area contributed by atoms with Crippen molar-refractivity contribution in [1.29, 1.82) is 0 Å². The molecule has 1 aromatic carbocycles. The van der Waals surface area contributed by atoms with Crippen LogP contribution in [0.1, 0.15) is 5.56 Å². The minimum absolute atomic E-state index is 0.0518. The van der Waals surface area contributed by atoms with Gasteiger partial charge in [0.15, 0.2) is 0 Å². The number of carbonyl (C=O) groups is 2. The second-order valence-corrected chi connectivity index (χ2v) is 5.26. The van der Waals surface area contributed by atoms with Crippen LogP contribution in [-0.2, 0) is 16.1 Å². The second kappa shape index (κ2) is 8.09. The van der Waals surface area contributed by atoms with Crippen LogP contribution in [0, 0.1) is 12.7 Å². The number of benzene rings is 1. The SMILES string of the molecule is Cc1ccc(OCCN(C)C(=O)Cn2cc(NC=O)cn2)cc1F. The highest BCUT2D eigenvalue weighted by molar-refractivity contribution is 5.76. The van der Waals surface area contributed by atoms with Crippen LogP contribution in [0.15, 0.2) is 30.6 Å². The molecule has 0 aliphatic carbocycles. The molecule has 0 bridgehead atoms. The molecule has 24 heavy (non-hydrogen) atoms. The van der Waals surface area contributed by atoms with E-state index in [4.69, 9.17) is 4.74 Å². The fourth-order valence-corrected chi connectivity index (χ4v) is 1.94. The Morgan fingerprint density at radius 2 is 2.29 bits per heavy atom. The highest BCUT2D eigenvalue weighted by atomic mass is 19.1. The number of nitrogens with one attached hydrogen (secondary N) is 1. The van der Waals surface area contributed by atoms with Gasteiger partial charge in [-0.25, -0.2) is 4.39 Å². The molecule has 0 spiro atoms. The first-order valence-corrected chi connectivity index (χ1v) is 7.35. The molecule has 7 nitrogen and oxygen atoms in total. The Kier molecular flexibility index (Phi) is 5.89. The zero-order chi connectivity index (χ0) is 17.5. The van der Waals surface area contributed by atoms with Gasteiger partial charge < -0.3 is 15.0 Å². The summed E-state index contributed by atoms with van der Waals surface area (Å²) in [5, 5.41) is 6.43. The summed E-state index contributed by atoms with van der Waals surface area (Å²) in [4.78, 5) is 23.9. The molecule has 2 aromatic rings. The fraction of sp³-hybridized carbons (Fsp3) is 0.312. The number of amides is 2. The number of ether oxygens (including phenoxy) is 1. The highest BCUT2D eigenvalue weighted by Gasteiger charge is 2.11. The van der Waals surface area contributed by atoms with Crippen molar-refractivity contribution in [2.45, 2.75) is 13.5 Å². The highest BCUT2D eigenvalue weighted by Crippen LogP contribution is 2.15. The summed E-state index contributed by atoms with van der Waals surface area (Å²) in [7, 11) is 1.65. The molecule has 1 N–H and O–H groups in total. The normalized spacial score (nSPS) is 10.3. The van der Waals surface area contributed by atoms with E-state index in [1.165, 1.54) is 21.8 Å². The van der Waals surface area contributed by atoms with Gasteiger partial charge in [0, 0.05) is 19.3 Å². The molecule has 0 aliphatic rings. The first-order chi connectivity index (χ1) is 11.5. The molecule has 0 aliphatic heterocycles. The molecular weight excluding hydrogens is 315 g/mol. The van der Waals surface area contributed by atoms with Crippen LogP contribution in [0.4, 0.5) is 10.1 Å². The maximum absolute atomic E-state index is 13.4. The Balaban J connectivity index is 1.78. The molecule has 0 fully saturated rings. The second-order valence-electron chi connectivity index (χ2n) is 5.26. The van der Waals surface area contributed by atoms with Gasteiger partial charge >= 0.3 is 0 Å². The zero-order valence-corrected chi connectivity index (χ0v) is 13.5. The van der Waals surface area contributed by atoms with Crippen molar-refractivity contribution in [3.05, 3.63) is 42.0 Å². The van der Waals surface area contributed by atoms with Gasteiger partial charge in [-0.3, -0.25) is 14.3 Å². The molecule has 128 valence electrons. The third-order valence-corrected chi connectivity index (χ3v) is 3.42. The predicted octanol–water partition coefficient (Wildman–Crippen LogP) is 1.44. The van der Waals surface area contributed by atoms with Gasteiger partial charge in [0.1, 0.15) is 24.7 Å². The summed E-state index contributed by atoms with van der Waals surface area (Å²) >= 11 is 0. The third-order valence-electron chi connectivity index (χ3n) is 3.42. The number of hydrogen-bond donors (Lipinski definition) is 1. The lowest BCUT2D eigenvalue weighted by molar-refractivity contribution is -0.131. The lowest BCUT2D eigenvalue weighted by atomic mass is 10.2. The number of carbonyl (C=O) groups excluding carboxylic acids is 2. The molecule has 0 saturated heterocycles. The molecular formula is C16H19FN4O3. The molecule has 2 amide bonds. The summed E-state index contributed by atoms with van der Waals surface area (Å²) < 4.78 is 20.3. The average molecular weight is 334 g/mol. The Labute approximate surface area is 139 Å². The van der Waals surface area contributed by atoms with Crippen molar-refractivity contribution < 1.29 is 18.7 Å². The number of hydrogen-bond acceptors (Lipinski definition) is 4. The molecule has 0 saturated carbocycles. The van der Waals surface area contributed by atoms with Crippen LogP contribution < -0.4 is 10.1 Å². The molecule has 2 rings (SSSR count). The maximum atomic E-state index is 13.4. The Bertz CT molecular complexity index is 717. The molecule has 0 unspecified atom stereocenters. The van der Waals surface area contributed by atoms with E-state index in [1.807, 2.05) is 0 Å². The summed E-state index contributed by atoms with van der Waals surface area (Å²) in [6.07, 6.45) is 3.56. The van der Waals surface area contributed by atoms with Gasteiger partial charge in [0.2, 0.25) is 12.3 Å². The van der Waals surface area contributed by atoms with Crippen LogP contribution in [0.2, 0.25) is 0 Å². The first kappa shape index (κ1) is 17.5. The third kappa shape index (κ3) is 4.80. The van der Waals surface area contributed by atoms with Crippen LogP contribution in [0.25, 0.3) is 0 Å². The maximum Gasteiger partial charge on any atom is 0.244 e. The Morgan fingerprint density at radius 3 is 3.00 bits per heavy atom. The van der Waals surface area contributed by atoms with Crippen LogP contribution >= 0.6 is 0 Å². The van der Waals surface area contributed by atoms with Crippen LogP contribution in [0.5, 0.6) is 5.75 Å². The predicted molar refractivity (Wildman–Crippen MR) is 86.2 cm³/mol. The number of anilines is 1. The monoisotopic (exact) mass is 334 g/mol. The quantitative estimate of drug-likeness (QED) is 0.741. The molecule has 1 aromatic heterocycles. The lowest BCUT2D eigenvalue weighted by Gasteiger charge is -2.17. The summed E-state index contributed by atoms with van der Waals surface area (Å²) in [5.41, 5.74) is 1.07. The van der Waals surface area contributed by atoms with E-state index in [2.05, 4.69) is 10.4 Å². The summed E-state index contributed by atoms with van der Waals surface area (Å²) in [6.45, 7) is 2.34. The van der Waals surface area contributed by atoms with E-state index in [1.54, 1.807) is 32.3 Å². The molecule has 0 radical (unpaired) electrons. The van der Waals surface area contributed by atoms with E-state index in [-0.39, 0.29) is 24.9 Å². The van der Waals surface area contributed by atoms with E-state index in [0.29, 0.717) is 30.0 Å². The van der Waals surface area contributed by atoms with Crippen molar-refractivity contribution in [2.75, 3.05) is 25.5 Å². The Hall–Kier alpha value is -2.90. The standard InChI is InChI=1S/C16H19FN4O3/c1-12-3-4-14(7-15(12)17)24-6-5-20(2)16(23)10-21-9-13(8-19-21)18-11-22/h3-4,7-9,11H,5-6,10H2,1-2H3,(H,18,22). The van der Waals surface area contributed by atoms with Crippen molar-refractivity contribution in [3.63, 3.8) is 0 Å². The number of aromatic nitrogens is 2. The topological polar surface area (TPSA) is 76.5 Å². The van der Waals surface area contributed by atoms with Gasteiger partial charge in [0.05, 0.1) is 18.4 Å². The number of aryl methyl sites for hydroxylation is 1. The van der Waals surface area contributed by atoms with Gasteiger partial charge in [-0.2, -0.15) is 5.10 Å². The van der Waals surface area contributed by atoms with Crippen molar-refractivity contribution in [3.8, 4) is 5.75 Å². The average Bonchev–Trinajstić information content (AvgIpc) is 2.98. The van der Waals surface area contributed by atoms with E-state index >= 15 is 0 Å². The zero-order valence-electron chi connectivity index (χ0n) is 13.5. The smallest absolute Gasteiger partial charge is 0.244 e. The largest absolute Gasteiger partial charge is 0.492 e. The van der Waals surface area contributed by atoms with Crippen molar-refractivity contribution in [2.24, 2.45) is 0 Å². The number of nitrogens with zero attached hydrogens (tertiary/aromatic N) is 3. The number of rotatable bonds is 8.